The van der Waals surface area contributed by atoms with E-state index in [0.717, 1.165) is 17.4 Å². The Labute approximate surface area is 158 Å². The lowest BCUT2D eigenvalue weighted by Gasteiger charge is -2.06. The number of rotatable bonds is 6. The highest BCUT2D eigenvalue weighted by molar-refractivity contribution is 7.16. The second kappa shape index (κ2) is 8.10. The number of hydrogen-bond acceptors (Lipinski definition) is 4. The number of nitrogens with zero attached hydrogens (tertiary/aromatic N) is 4. The molecule has 1 aromatic carbocycles. The molecule has 0 aliphatic carbocycles. The molecule has 144 valence electrons. The summed E-state index contributed by atoms with van der Waals surface area (Å²) in [5.74, 6) is -1.91. The van der Waals surface area contributed by atoms with Crippen LogP contribution in [0.2, 0.25) is 0 Å². The molecule has 0 saturated carbocycles. The Morgan fingerprint density at radius 1 is 1.37 bits per heavy atom. The van der Waals surface area contributed by atoms with Crippen LogP contribution in [0.3, 0.4) is 0 Å². The highest BCUT2D eigenvalue weighted by Crippen LogP contribution is 2.22. The van der Waals surface area contributed by atoms with Crippen molar-refractivity contribution in [3.8, 4) is 0 Å². The summed E-state index contributed by atoms with van der Waals surface area (Å²) in [5.41, 5.74) is 0.407. The molecule has 2 aromatic heterocycles. The molecule has 0 aliphatic heterocycles. The van der Waals surface area contributed by atoms with Gasteiger partial charge in [-0.15, -0.1) is 0 Å². The van der Waals surface area contributed by atoms with E-state index in [-0.39, 0.29) is 22.1 Å². The molecule has 0 fully saturated rings. The summed E-state index contributed by atoms with van der Waals surface area (Å²) in [5, 5.41) is 4.21. The number of hydrogen-bond donors (Lipinski definition) is 0. The molecular weight excluding hydrogens is 374 g/mol. The molecule has 0 aliphatic rings. The maximum Gasteiger partial charge on any atom is 0.300 e. The van der Waals surface area contributed by atoms with Gasteiger partial charge in [0.05, 0.1) is 16.8 Å². The predicted molar refractivity (Wildman–Crippen MR) is 98.7 cm³/mol. The number of carbonyl (C=O) groups excluding carboxylic acids is 1. The highest BCUT2D eigenvalue weighted by Gasteiger charge is 2.15. The topological polar surface area (TPSA) is 61.4 Å². The zero-order valence-corrected chi connectivity index (χ0v) is 16.1. The van der Waals surface area contributed by atoms with E-state index in [1.165, 1.54) is 6.07 Å². The average Bonchev–Trinajstić information content (AvgIpc) is 3.21. The zero-order chi connectivity index (χ0) is 19.6. The Balaban J connectivity index is 2.07. The van der Waals surface area contributed by atoms with Crippen molar-refractivity contribution < 1.29 is 18.3 Å². The molecule has 0 unspecified atom stereocenters. The fourth-order valence-corrected chi connectivity index (χ4v) is 3.70. The van der Waals surface area contributed by atoms with Crippen molar-refractivity contribution in [2.45, 2.75) is 33.4 Å². The quantitative estimate of drug-likeness (QED) is 0.601. The van der Waals surface area contributed by atoms with Gasteiger partial charge in [-0.25, -0.2) is 8.78 Å². The van der Waals surface area contributed by atoms with Gasteiger partial charge in [0.1, 0.15) is 5.82 Å². The molecule has 3 aromatic rings. The number of ether oxygens (including phenoxy) is 1. The van der Waals surface area contributed by atoms with Crippen molar-refractivity contribution in [3.63, 3.8) is 0 Å². The summed E-state index contributed by atoms with van der Waals surface area (Å²) in [6.45, 7) is 6.88. The summed E-state index contributed by atoms with van der Waals surface area (Å²) in [6, 6.07) is 3.76. The number of fused-ring (bicyclic) bond motifs is 1. The summed E-state index contributed by atoms with van der Waals surface area (Å²) in [4.78, 5) is 16.9. The van der Waals surface area contributed by atoms with Gasteiger partial charge in [-0.3, -0.25) is 9.48 Å². The normalized spacial score (nSPS) is 12.4. The minimum absolute atomic E-state index is 0.115. The first-order valence-corrected chi connectivity index (χ1v) is 9.42. The standard InChI is InChI=1S/C18H20F2N4O2S/c1-4-26-8-7-23-16-13(20)9-12(19)10-15(16)27-18(23)21-17(25)14-5-6-24(22-14)11(2)3/h5-6,9-11H,4,7-8H2,1-3H3. The molecule has 9 heteroatoms. The van der Waals surface area contributed by atoms with Gasteiger partial charge in [-0.2, -0.15) is 10.1 Å². The van der Waals surface area contributed by atoms with E-state index in [0.29, 0.717) is 24.5 Å². The van der Waals surface area contributed by atoms with Crippen LogP contribution in [0.1, 0.15) is 37.3 Å². The molecule has 0 N–H and O–H groups in total. The average molecular weight is 394 g/mol. The van der Waals surface area contributed by atoms with Crippen molar-refractivity contribution in [2.24, 2.45) is 4.99 Å². The van der Waals surface area contributed by atoms with E-state index in [2.05, 4.69) is 10.1 Å². The third-order valence-corrected chi connectivity index (χ3v) is 4.94. The van der Waals surface area contributed by atoms with Crippen LogP contribution in [0.4, 0.5) is 8.78 Å². The number of thiazole rings is 1. The van der Waals surface area contributed by atoms with Crippen molar-refractivity contribution in [1.82, 2.24) is 14.3 Å². The Morgan fingerprint density at radius 3 is 2.81 bits per heavy atom. The monoisotopic (exact) mass is 394 g/mol. The van der Waals surface area contributed by atoms with Crippen molar-refractivity contribution in [1.29, 1.82) is 0 Å². The van der Waals surface area contributed by atoms with Crippen molar-refractivity contribution in [2.75, 3.05) is 13.2 Å². The van der Waals surface area contributed by atoms with Gasteiger partial charge in [0.25, 0.3) is 5.91 Å². The molecule has 0 bridgehead atoms. The molecule has 1 amide bonds. The van der Waals surface area contributed by atoms with Gasteiger partial charge in [0, 0.05) is 31.5 Å². The second-order valence-corrected chi connectivity index (χ2v) is 7.17. The molecule has 6 nitrogen and oxygen atoms in total. The summed E-state index contributed by atoms with van der Waals surface area (Å²) in [6.07, 6.45) is 1.70. The molecule has 3 rings (SSSR count). The van der Waals surface area contributed by atoms with Crippen LogP contribution >= 0.6 is 11.3 Å². The van der Waals surface area contributed by atoms with E-state index < -0.39 is 17.5 Å². The van der Waals surface area contributed by atoms with Crippen LogP contribution < -0.4 is 4.80 Å². The summed E-state index contributed by atoms with van der Waals surface area (Å²) < 4.78 is 36.8. The number of halogens is 2. The van der Waals surface area contributed by atoms with Gasteiger partial charge in [-0.05, 0) is 32.9 Å². The molecule has 0 radical (unpaired) electrons. The Bertz CT molecular complexity index is 1040. The molecular formula is C18H20F2N4O2S. The molecule has 0 saturated heterocycles. The van der Waals surface area contributed by atoms with Crippen LogP contribution in [0, 0.1) is 11.6 Å². The molecule has 0 spiro atoms. The van der Waals surface area contributed by atoms with Crippen molar-refractivity contribution in [3.05, 3.63) is 46.5 Å². The Morgan fingerprint density at radius 2 is 2.15 bits per heavy atom. The highest BCUT2D eigenvalue weighted by atomic mass is 32.1. The smallest absolute Gasteiger partial charge is 0.300 e. The second-order valence-electron chi connectivity index (χ2n) is 6.16. The summed E-state index contributed by atoms with van der Waals surface area (Å²) >= 11 is 1.05. The lowest BCUT2D eigenvalue weighted by molar-refractivity contribution is 0.0991. The van der Waals surface area contributed by atoms with Crippen LogP contribution in [-0.4, -0.2) is 33.5 Å². The number of aromatic nitrogens is 3. The minimum atomic E-state index is -0.698. The SMILES string of the molecule is CCOCCn1c(=NC(=O)c2ccn(C(C)C)n2)sc2cc(F)cc(F)c21. The van der Waals surface area contributed by atoms with E-state index >= 15 is 0 Å². The molecule has 2 heterocycles. The lowest BCUT2D eigenvalue weighted by atomic mass is 10.3. The number of amides is 1. The van der Waals surface area contributed by atoms with Crippen LogP contribution in [0.15, 0.2) is 29.4 Å². The van der Waals surface area contributed by atoms with Gasteiger partial charge in [-0.1, -0.05) is 11.3 Å². The first-order chi connectivity index (χ1) is 12.9. The fourth-order valence-electron chi connectivity index (χ4n) is 2.61. The van der Waals surface area contributed by atoms with Crippen LogP contribution in [0.5, 0.6) is 0 Å². The summed E-state index contributed by atoms with van der Waals surface area (Å²) in [7, 11) is 0. The van der Waals surface area contributed by atoms with Gasteiger partial charge >= 0.3 is 0 Å². The maximum atomic E-state index is 14.3. The first kappa shape index (κ1) is 19.4. The third-order valence-electron chi connectivity index (χ3n) is 3.91. The minimum Gasteiger partial charge on any atom is -0.380 e. The van der Waals surface area contributed by atoms with E-state index in [1.54, 1.807) is 21.5 Å². The van der Waals surface area contributed by atoms with Gasteiger partial charge < -0.3 is 9.30 Å². The molecule has 27 heavy (non-hydrogen) atoms. The Hall–Kier alpha value is -2.39. The van der Waals surface area contributed by atoms with E-state index in [9.17, 15) is 13.6 Å². The number of benzene rings is 1. The maximum absolute atomic E-state index is 14.3. The lowest BCUT2D eigenvalue weighted by Crippen LogP contribution is -2.20. The zero-order valence-electron chi connectivity index (χ0n) is 15.3. The first-order valence-electron chi connectivity index (χ1n) is 8.61. The van der Waals surface area contributed by atoms with Crippen LogP contribution in [0.25, 0.3) is 10.2 Å². The largest absolute Gasteiger partial charge is 0.380 e. The van der Waals surface area contributed by atoms with Crippen LogP contribution in [-0.2, 0) is 11.3 Å². The van der Waals surface area contributed by atoms with E-state index in [1.807, 2.05) is 20.8 Å². The third kappa shape index (κ3) is 4.14. The fraction of sp³-hybridized carbons (Fsp3) is 0.389. The van der Waals surface area contributed by atoms with Crippen molar-refractivity contribution >= 4 is 27.5 Å². The molecule has 0 atom stereocenters. The number of carbonyl (C=O) groups is 1. The Kier molecular flexibility index (Phi) is 5.81. The predicted octanol–water partition coefficient (Wildman–Crippen LogP) is 3.54. The van der Waals surface area contributed by atoms with Gasteiger partial charge in [0.2, 0.25) is 0 Å². The van der Waals surface area contributed by atoms with E-state index in [4.69, 9.17) is 4.74 Å². The van der Waals surface area contributed by atoms with Gasteiger partial charge in [0.15, 0.2) is 16.3 Å².